The normalized spacial score (nSPS) is 23.0. The highest BCUT2D eigenvalue weighted by Crippen LogP contribution is 2.33. The molecule has 0 saturated heterocycles. The molecular formula is C9H12N2O. The summed E-state index contributed by atoms with van der Waals surface area (Å²) in [6, 6.07) is 2.13. The fourth-order valence-electron chi connectivity index (χ4n) is 1.52. The van der Waals surface area contributed by atoms with Crippen LogP contribution in [0, 0.1) is 0 Å². The Morgan fingerprint density at radius 1 is 1.75 bits per heavy atom. The summed E-state index contributed by atoms with van der Waals surface area (Å²) in [7, 11) is 0. The number of fused-ring (bicyclic) bond motifs is 1. The van der Waals surface area contributed by atoms with Gasteiger partial charge in [-0.25, -0.2) is 0 Å². The first-order valence-electron chi connectivity index (χ1n) is 4.11. The van der Waals surface area contributed by atoms with E-state index in [1.807, 2.05) is 13.0 Å². The van der Waals surface area contributed by atoms with Crippen LogP contribution in [0.25, 0.3) is 0 Å². The van der Waals surface area contributed by atoms with E-state index in [0.29, 0.717) is 12.5 Å². The highest BCUT2D eigenvalue weighted by atomic mass is 16.5. The number of hydrogen-bond acceptors (Lipinski definition) is 3. The molecular weight excluding hydrogens is 152 g/mol. The fraction of sp³-hybridized carbons (Fsp3) is 0.444. The molecule has 2 atom stereocenters. The van der Waals surface area contributed by atoms with E-state index in [-0.39, 0.29) is 6.04 Å². The van der Waals surface area contributed by atoms with Crippen molar-refractivity contribution in [3.05, 3.63) is 24.0 Å². The molecule has 1 aromatic rings. The number of aromatic nitrogens is 1. The van der Waals surface area contributed by atoms with Crippen LogP contribution in [0.2, 0.25) is 0 Å². The molecule has 2 heterocycles. The van der Waals surface area contributed by atoms with E-state index in [1.54, 1.807) is 12.4 Å². The zero-order valence-corrected chi connectivity index (χ0v) is 7.03. The van der Waals surface area contributed by atoms with Crippen molar-refractivity contribution < 1.29 is 4.74 Å². The third-order valence-electron chi connectivity index (χ3n) is 2.27. The molecule has 2 unspecified atom stereocenters. The highest BCUT2D eigenvalue weighted by Gasteiger charge is 2.26. The highest BCUT2D eigenvalue weighted by molar-refractivity contribution is 5.37. The molecule has 0 spiro atoms. The molecule has 0 saturated carbocycles. The van der Waals surface area contributed by atoms with E-state index in [9.17, 15) is 0 Å². The van der Waals surface area contributed by atoms with Gasteiger partial charge in [-0.15, -0.1) is 0 Å². The quantitative estimate of drug-likeness (QED) is 0.671. The Morgan fingerprint density at radius 2 is 2.58 bits per heavy atom. The lowest BCUT2D eigenvalue weighted by Gasteiger charge is -2.11. The summed E-state index contributed by atoms with van der Waals surface area (Å²) >= 11 is 0. The molecule has 1 aliphatic rings. The second-order valence-corrected chi connectivity index (χ2v) is 3.19. The van der Waals surface area contributed by atoms with Crippen LogP contribution in [0.1, 0.15) is 18.4 Å². The lowest BCUT2D eigenvalue weighted by Crippen LogP contribution is -2.25. The molecule has 1 aromatic heterocycles. The Morgan fingerprint density at radius 3 is 3.33 bits per heavy atom. The first kappa shape index (κ1) is 7.55. The summed E-state index contributed by atoms with van der Waals surface area (Å²) < 4.78 is 5.43. The second kappa shape index (κ2) is 2.75. The zero-order valence-electron chi connectivity index (χ0n) is 7.03. The van der Waals surface area contributed by atoms with Crippen LogP contribution in [0.5, 0.6) is 5.75 Å². The predicted octanol–water partition coefficient (Wildman–Crippen LogP) is 0.905. The van der Waals surface area contributed by atoms with Gasteiger partial charge in [0.2, 0.25) is 0 Å². The first-order chi connectivity index (χ1) is 5.79. The first-order valence-corrected chi connectivity index (χ1v) is 4.11. The van der Waals surface area contributed by atoms with Gasteiger partial charge >= 0.3 is 0 Å². The van der Waals surface area contributed by atoms with E-state index in [4.69, 9.17) is 10.5 Å². The minimum Gasteiger partial charge on any atom is -0.491 e. The van der Waals surface area contributed by atoms with Gasteiger partial charge in [-0.3, -0.25) is 4.98 Å². The maximum Gasteiger partial charge on any atom is 0.141 e. The summed E-state index contributed by atoms with van der Waals surface area (Å²) in [5, 5.41) is 0. The van der Waals surface area contributed by atoms with Crippen molar-refractivity contribution in [2.75, 3.05) is 6.61 Å². The summed E-state index contributed by atoms with van der Waals surface area (Å²) in [6.07, 6.45) is 3.53. The van der Waals surface area contributed by atoms with Gasteiger partial charge in [-0.2, -0.15) is 0 Å². The Kier molecular flexibility index (Phi) is 1.73. The van der Waals surface area contributed by atoms with Crippen LogP contribution in [0.4, 0.5) is 0 Å². The summed E-state index contributed by atoms with van der Waals surface area (Å²) in [5.41, 5.74) is 7.01. The third kappa shape index (κ3) is 1.06. The molecule has 64 valence electrons. The van der Waals surface area contributed by atoms with Gasteiger partial charge in [0.25, 0.3) is 0 Å². The van der Waals surface area contributed by atoms with Crippen LogP contribution >= 0.6 is 0 Å². The Balaban J connectivity index is 2.36. The van der Waals surface area contributed by atoms with Crippen LogP contribution in [0.15, 0.2) is 18.5 Å². The van der Waals surface area contributed by atoms with Gasteiger partial charge in [0.15, 0.2) is 0 Å². The smallest absolute Gasteiger partial charge is 0.141 e. The van der Waals surface area contributed by atoms with Crippen molar-refractivity contribution in [2.45, 2.75) is 18.9 Å². The van der Waals surface area contributed by atoms with Crippen LogP contribution in [-0.2, 0) is 0 Å². The van der Waals surface area contributed by atoms with Gasteiger partial charge in [-0.05, 0) is 13.0 Å². The van der Waals surface area contributed by atoms with Crippen molar-refractivity contribution in [1.82, 2.24) is 4.98 Å². The number of nitrogens with zero attached hydrogens (tertiary/aromatic N) is 1. The van der Waals surface area contributed by atoms with Crippen LogP contribution < -0.4 is 10.5 Å². The number of ether oxygens (including phenoxy) is 1. The maximum absolute atomic E-state index is 5.81. The standard InChI is InChI=1S/C9H12N2O/c1-6(10)8-5-12-9-4-11-3-2-7(8)9/h2-4,6,8H,5,10H2,1H3. The van der Waals surface area contributed by atoms with Gasteiger partial charge in [0.1, 0.15) is 5.75 Å². The van der Waals surface area contributed by atoms with Gasteiger partial charge in [0, 0.05) is 23.7 Å². The molecule has 2 N–H and O–H groups in total. The minimum atomic E-state index is 0.147. The zero-order chi connectivity index (χ0) is 8.55. The molecule has 2 rings (SSSR count). The summed E-state index contributed by atoms with van der Waals surface area (Å²) in [5.74, 6) is 1.22. The Bertz CT molecular complexity index is 286. The summed E-state index contributed by atoms with van der Waals surface area (Å²) in [4.78, 5) is 3.98. The van der Waals surface area contributed by atoms with Crippen LogP contribution in [0.3, 0.4) is 0 Å². The van der Waals surface area contributed by atoms with E-state index in [1.165, 1.54) is 5.56 Å². The molecule has 0 radical (unpaired) electrons. The van der Waals surface area contributed by atoms with Crippen molar-refractivity contribution in [2.24, 2.45) is 5.73 Å². The maximum atomic E-state index is 5.81. The molecule has 0 aromatic carbocycles. The predicted molar refractivity (Wildman–Crippen MR) is 46.1 cm³/mol. The van der Waals surface area contributed by atoms with Crippen molar-refractivity contribution >= 4 is 0 Å². The Hall–Kier alpha value is -1.09. The van der Waals surface area contributed by atoms with Crippen molar-refractivity contribution in [3.63, 3.8) is 0 Å². The average molecular weight is 164 g/mol. The van der Waals surface area contributed by atoms with Crippen molar-refractivity contribution in [1.29, 1.82) is 0 Å². The molecule has 0 fully saturated rings. The second-order valence-electron chi connectivity index (χ2n) is 3.19. The van der Waals surface area contributed by atoms with Gasteiger partial charge < -0.3 is 10.5 Å². The van der Waals surface area contributed by atoms with E-state index in [2.05, 4.69) is 4.98 Å². The Labute approximate surface area is 71.6 Å². The molecule has 0 aliphatic carbocycles. The molecule has 3 nitrogen and oxygen atoms in total. The largest absolute Gasteiger partial charge is 0.491 e. The SMILES string of the molecule is CC(N)C1COc2cnccc21. The fourth-order valence-corrected chi connectivity index (χ4v) is 1.52. The van der Waals surface area contributed by atoms with Crippen LogP contribution in [-0.4, -0.2) is 17.6 Å². The van der Waals surface area contributed by atoms with Gasteiger partial charge in [-0.1, -0.05) is 0 Å². The number of rotatable bonds is 1. The van der Waals surface area contributed by atoms with Crippen molar-refractivity contribution in [3.8, 4) is 5.75 Å². The molecule has 0 bridgehead atoms. The number of hydrogen-bond donors (Lipinski definition) is 1. The van der Waals surface area contributed by atoms with Gasteiger partial charge in [0.05, 0.1) is 12.8 Å². The molecule has 1 aliphatic heterocycles. The van der Waals surface area contributed by atoms with E-state index in [0.717, 1.165) is 5.75 Å². The lowest BCUT2D eigenvalue weighted by molar-refractivity contribution is 0.317. The minimum absolute atomic E-state index is 0.147. The monoisotopic (exact) mass is 164 g/mol. The lowest BCUT2D eigenvalue weighted by atomic mass is 9.96. The van der Waals surface area contributed by atoms with E-state index < -0.39 is 0 Å². The average Bonchev–Trinajstić information content (AvgIpc) is 2.47. The summed E-state index contributed by atoms with van der Waals surface area (Å²) in [6.45, 7) is 2.70. The molecule has 0 amide bonds. The third-order valence-corrected chi connectivity index (χ3v) is 2.27. The topological polar surface area (TPSA) is 48.1 Å². The number of pyridine rings is 1. The molecule has 12 heavy (non-hydrogen) atoms. The molecule has 3 heteroatoms. The number of nitrogens with two attached hydrogens (primary N) is 1. The van der Waals surface area contributed by atoms with E-state index >= 15 is 0 Å².